The van der Waals surface area contributed by atoms with Gasteiger partial charge in [0.15, 0.2) is 12.2 Å². The summed E-state index contributed by atoms with van der Waals surface area (Å²) in [4.78, 5) is 38.4. The van der Waals surface area contributed by atoms with Crippen molar-refractivity contribution in [1.82, 2.24) is 14.7 Å². The number of carbonyl (C=O) groups excluding carboxylic acids is 2. The fraction of sp³-hybridized carbons (Fsp3) is 0.609. The normalized spacial score (nSPS) is 23.3. The molecule has 2 unspecified atom stereocenters. The van der Waals surface area contributed by atoms with Gasteiger partial charge in [0.2, 0.25) is 5.96 Å². The molecule has 3 amide bonds. The molecule has 162 valence electrons. The molecule has 0 saturated carbocycles. The number of guanidine groups is 1. The highest BCUT2D eigenvalue weighted by Gasteiger charge is 2.54. The van der Waals surface area contributed by atoms with Crippen molar-refractivity contribution in [3.63, 3.8) is 0 Å². The second-order valence-corrected chi connectivity index (χ2v) is 8.70. The monoisotopic (exact) mass is 411 g/mol. The largest absolute Gasteiger partial charge is 0.328 e. The average Bonchev–Trinajstić information content (AvgIpc) is 3.30. The Balaban J connectivity index is 1.51. The lowest BCUT2D eigenvalue weighted by Crippen LogP contribution is -2.64. The van der Waals surface area contributed by atoms with Crippen LogP contribution in [0, 0.1) is 13.8 Å². The van der Waals surface area contributed by atoms with Crippen molar-refractivity contribution in [2.24, 2.45) is 4.99 Å². The summed E-state index contributed by atoms with van der Waals surface area (Å²) >= 11 is 0. The van der Waals surface area contributed by atoms with Crippen LogP contribution in [-0.4, -0.2) is 71.5 Å². The first kappa shape index (κ1) is 20.7. The minimum atomic E-state index is -0.439. The molecule has 0 spiro atoms. The molecule has 4 rings (SSSR count). The first-order chi connectivity index (χ1) is 14.4. The summed E-state index contributed by atoms with van der Waals surface area (Å²) < 4.78 is 0. The number of carbonyl (C=O) groups is 2. The Labute approximate surface area is 179 Å². The first-order valence-electron chi connectivity index (χ1n) is 11.2. The second kappa shape index (κ2) is 8.28. The Kier molecular flexibility index (Phi) is 5.71. The molecule has 3 aliphatic rings. The van der Waals surface area contributed by atoms with E-state index in [4.69, 9.17) is 4.99 Å². The van der Waals surface area contributed by atoms with Crippen LogP contribution in [0.2, 0.25) is 0 Å². The zero-order chi connectivity index (χ0) is 21.4. The summed E-state index contributed by atoms with van der Waals surface area (Å²) in [5.74, 6) is 0.713. The van der Waals surface area contributed by atoms with E-state index in [2.05, 4.69) is 48.8 Å². The molecule has 2 atom stereocenters. The van der Waals surface area contributed by atoms with Gasteiger partial charge in [0, 0.05) is 32.4 Å². The summed E-state index contributed by atoms with van der Waals surface area (Å²) in [5, 5.41) is 0. The highest BCUT2D eigenvalue weighted by molar-refractivity contribution is 6.08. The van der Waals surface area contributed by atoms with Crippen LogP contribution < -0.4 is 4.90 Å². The van der Waals surface area contributed by atoms with Gasteiger partial charge in [-0.1, -0.05) is 38.7 Å². The lowest BCUT2D eigenvalue weighted by atomic mass is 10.1. The number of likely N-dealkylation sites (N-methyl/N-ethyl adjacent to an activating group) is 1. The van der Waals surface area contributed by atoms with E-state index in [9.17, 15) is 9.59 Å². The first-order valence-corrected chi connectivity index (χ1v) is 11.2. The Bertz CT molecular complexity index is 867. The number of anilines is 1. The van der Waals surface area contributed by atoms with Gasteiger partial charge >= 0.3 is 6.03 Å². The second-order valence-electron chi connectivity index (χ2n) is 8.70. The topological polar surface area (TPSA) is 59.5 Å². The molecule has 3 heterocycles. The smallest absolute Gasteiger partial charge is 0.325 e. The number of aryl methyl sites for hydroxylation is 2. The maximum atomic E-state index is 13.3. The van der Waals surface area contributed by atoms with Gasteiger partial charge in [0.1, 0.15) is 0 Å². The van der Waals surface area contributed by atoms with Gasteiger partial charge in [0.25, 0.3) is 5.91 Å². The van der Waals surface area contributed by atoms with Crippen LogP contribution in [-0.2, 0) is 4.79 Å². The van der Waals surface area contributed by atoms with Crippen molar-refractivity contribution in [2.45, 2.75) is 65.1 Å². The third kappa shape index (κ3) is 3.44. The standard InChI is InChI=1S/C23H33N5O2/c1-5-6-7-8-9-12-28-21(29)19-20(25(4)23(28)30)24-22-26(13-14-27(19)22)18-11-10-16(2)17(3)15-18/h10-11,15,19-20H,5-9,12-14H2,1-4H3. The summed E-state index contributed by atoms with van der Waals surface area (Å²) in [5.41, 5.74) is 3.58. The van der Waals surface area contributed by atoms with Crippen molar-refractivity contribution >= 4 is 23.6 Å². The predicted octanol–water partition coefficient (Wildman–Crippen LogP) is 3.35. The van der Waals surface area contributed by atoms with Crippen molar-refractivity contribution in [3.8, 4) is 0 Å². The van der Waals surface area contributed by atoms with Crippen LogP contribution in [0.15, 0.2) is 23.2 Å². The molecule has 0 bridgehead atoms. The van der Waals surface area contributed by atoms with E-state index in [1.54, 1.807) is 11.9 Å². The van der Waals surface area contributed by atoms with Crippen LogP contribution in [0.4, 0.5) is 10.5 Å². The molecule has 2 saturated heterocycles. The lowest BCUT2D eigenvalue weighted by molar-refractivity contribution is -0.137. The van der Waals surface area contributed by atoms with Crippen LogP contribution >= 0.6 is 0 Å². The molecule has 0 radical (unpaired) electrons. The summed E-state index contributed by atoms with van der Waals surface area (Å²) in [6, 6.07) is 5.77. The van der Waals surface area contributed by atoms with Crippen LogP contribution in [0.25, 0.3) is 0 Å². The van der Waals surface area contributed by atoms with Gasteiger partial charge in [-0.3, -0.25) is 9.69 Å². The fourth-order valence-corrected chi connectivity index (χ4v) is 4.65. The summed E-state index contributed by atoms with van der Waals surface area (Å²) in [6.07, 6.45) is 5.01. The number of imide groups is 1. The molecule has 2 fully saturated rings. The lowest BCUT2D eigenvalue weighted by Gasteiger charge is -2.40. The number of hydrogen-bond acceptors (Lipinski definition) is 5. The molecule has 1 aromatic carbocycles. The van der Waals surface area contributed by atoms with Crippen molar-refractivity contribution in [2.75, 3.05) is 31.6 Å². The fourth-order valence-electron chi connectivity index (χ4n) is 4.65. The van der Waals surface area contributed by atoms with E-state index in [0.29, 0.717) is 6.54 Å². The quantitative estimate of drug-likeness (QED) is 0.646. The predicted molar refractivity (Wildman–Crippen MR) is 119 cm³/mol. The number of fused-ring (bicyclic) bond motifs is 3. The number of amides is 3. The average molecular weight is 412 g/mol. The van der Waals surface area contributed by atoms with E-state index in [0.717, 1.165) is 44.0 Å². The van der Waals surface area contributed by atoms with Gasteiger partial charge in [-0.15, -0.1) is 0 Å². The Morgan fingerprint density at radius 2 is 1.80 bits per heavy atom. The van der Waals surface area contributed by atoms with Crippen molar-refractivity contribution < 1.29 is 9.59 Å². The molecule has 7 heteroatoms. The minimum Gasteiger partial charge on any atom is -0.325 e. The summed E-state index contributed by atoms with van der Waals surface area (Å²) in [7, 11) is 1.77. The number of aliphatic imine (C=N–C) groups is 1. The van der Waals surface area contributed by atoms with Crippen molar-refractivity contribution in [1.29, 1.82) is 0 Å². The molecular formula is C23H33N5O2. The van der Waals surface area contributed by atoms with Gasteiger partial charge in [-0.05, 0) is 43.5 Å². The molecular weight excluding hydrogens is 378 g/mol. The highest BCUT2D eigenvalue weighted by Crippen LogP contribution is 2.33. The number of hydrogen-bond donors (Lipinski definition) is 0. The summed E-state index contributed by atoms with van der Waals surface area (Å²) in [6.45, 7) is 8.43. The number of urea groups is 1. The number of benzene rings is 1. The van der Waals surface area contributed by atoms with Crippen LogP contribution in [0.3, 0.4) is 0 Å². The molecule has 0 aliphatic carbocycles. The molecule has 3 aliphatic heterocycles. The molecule has 1 aromatic rings. The zero-order valence-electron chi connectivity index (χ0n) is 18.6. The third-order valence-electron chi connectivity index (χ3n) is 6.66. The Morgan fingerprint density at radius 1 is 1.03 bits per heavy atom. The maximum absolute atomic E-state index is 13.3. The van der Waals surface area contributed by atoms with E-state index in [1.165, 1.54) is 28.9 Å². The van der Waals surface area contributed by atoms with Gasteiger partial charge < -0.3 is 14.7 Å². The number of nitrogens with zero attached hydrogens (tertiary/aromatic N) is 5. The van der Waals surface area contributed by atoms with Crippen LogP contribution in [0.1, 0.15) is 50.2 Å². The zero-order valence-corrected chi connectivity index (χ0v) is 18.6. The van der Waals surface area contributed by atoms with E-state index in [1.807, 2.05) is 0 Å². The van der Waals surface area contributed by atoms with Crippen molar-refractivity contribution in [3.05, 3.63) is 29.3 Å². The van der Waals surface area contributed by atoms with Gasteiger partial charge in [0.05, 0.1) is 0 Å². The SMILES string of the molecule is CCCCCCCN1C(=O)C2C(N=C3N(c4ccc(C)c(C)c4)CCN32)N(C)C1=O. The van der Waals surface area contributed by atoms with E-state index in [-0.39, 0.29) is 11.9 Å². The molecule has 30 heavy (non-hydrogen) atoms. The Morgan fingerprint density at radius 3 is 2.53 bits per heavy atom. The van der Waals surface area contributed by atoms with E-state index >= 15 is 0 Å². The number of unbranched alkanes of at least 4 members (excludes halogenated alkanes) is 4. The minimum absolute atomic E-state index is 0.0979. The van der Waals surface area contributed by atoms with Gasteiger partial charge in [-0.2, -0.15) is 0 Å². The third-order valence-corrected chi connectivity index (χ3v) is 6.66. The Hall–Kier alpha value is -2.57. The van der Waals surface area contributed by atoms with Crippen LogP contribution in [0.5, 0.6) is 0 Å². The molecule has 0 N–H and O–H groups in total. The highest BCUT2D eigenvalue weighted by atomic mass is 16.2. The molecule has 0 aromatic heterocycles. The van der Waals surface area contributed by atoms with Gasteiger partial charge in [-0.25, -0.2) is 9.79 Å². The molecule has 7 nitrogen and oxygen atoms in total. The van der Waals surface area contributed by atoms with E-state index < -0.39 is 12.2 Å². The number of rotatable bonds is 7. The maximum Gasteiger partial charge on any atom is 0.328 e.